The van der Waals surface area contributed by atoms with Gasteiger partial charge in [0.2, 0.25) is 15.9 Å². The van der Waals surface area contributed by atoms with Crippen molar-refractivity contribution < 1.29 is 40.3 Å². The summed E-state index contributed by atoms with van der Waals surface area (Å²) in [7, 11) is -2.40. The van der Waals surface area contributed by atoms with E-state index in [-0.39, 0.29) is 41.5 Å². The summed E-state index contributed by atoms with van der Waals surface area (Å²) in [6.07, 6.45) is -3.12. The number of sulfonamides is 1. The Hall–Kier alpha value is -3.79. The van der Waals surface area contributed by atoms with Crippen molar-refractivity contribution in [2.75, 3.05) is 31.3 Å². The molecule has 1 aromatic heterocycles. The molecular formula is C32H34ClF4N5O5S. The number of methoxy groups -OCH3 is 1. The number of carbonyl (C=O) groups excluding carboxylic acids is 2. The summed E-state index contributed by atoms with van der Waals surface area (Å²) in [4.78, 5) is 30.1. The van der Waals surface area contributed by atoms with Crippen molar-refractivity contribution in [1.82, 2.24) is 19.9 Å². The van der Waals surface area contributed by atoms with Crippen molar-refractivity contribution in [1.29, 1.82) is 0 Å². The molecular weight excluding hydrogens is 678 g/mol. The molecule has 3 aromatic rings. The van der Waals surface area contributed by atoms with Crippen LogP contribution in [0, 0.1) is 5.82 Å². The second-order valence-corrected chi connectivity index (χ2v) is 14.2. The van der Waals surface area contributed by atoms with Gasteiger partial charge in [-0.25, -0.2) is 17.6 Å². The highest BCUT2D eigenvalue weighted by atomic mass is 35.5. The minimum atomic E-state index is -4.71. The lowest BCUT2D eigenvalue weighted by molar-refractivity contribution is -0.141. The largest absolute Gasteiger partial charge is 0.453 e. The maximum atomic E-state index is 15.3. The number of alkyl halides is 3. The first-order valence-corrected chi connectivity index (χ1v) is 17.2. The molecule has 2 aromatic carbocycles. The van der Waals surface area contributed by atoms with Gasteiger partial charge in [-0.15, -0.1) is 0 Å². The number of alkyl carbamates (subject to hydrolysis) is 1. The van der Waals surface area contributed by atoms with Crippen LogP contribution in [0.1, 0.15) is 47.6 Å². The molecule has 3 heterocycles. The van der Waals surface area contributed by atoms with E-state index < -0.39 is 57.7 Å². The third kappa shape index (κ3) is 8.25. The van der Waals surface area contributed by atoms with E-state index in [1.54, 1.807) is 12.1 Å². The Morgan fingerprint density at radius 1 is 1.12 bits per heavy atom. The van der Waals surface area contributed by atoms with E-state index in [1.165, 1.54) is 34.6 Å². The predicted molar refractivity (Wildman–Crippen MR) is 171 cm³/mol. The zero-order valence-electron chi connectivity index (χ0n) is 25.8. The number of piperazine rings is 1. The van der Waals surface area contributed by atoms with Crippen LogP contribution in [-0.2, 0) is 32.2 Å². The summed E-state index contributed by atoms with van der Waals surface area (Å²) in [6, 6.07) is 10.3. The van der Waals surface area contributed by atoms with Crippen LogP contribution in [0.3, 0.4) is 0 Å². The van der Waals surface area contributed by atoms with Gasteiger partial charge in [0, 0.05) is 53.6 Å². The second-order valence-electron chi connectivity index (χ2n) is 11.7. The predicted octanol–water partition coefficient (Wildman–Crippen LogP) is 5.09. The van der Waals surface area contributed by atoms with E-state index in [9.17, 15) is 31.2 Å². The molecule has 0 spiro atoms. The number of carbonyl (C=O) groups is 2. The third-order valence-corrected chi connectivity index (χ3v) is 10.8. The fourth-order valence-corrected chi connectivity index (χ4v) is 8.12. The molecule has 3 unspecified atom stereocenters. The Kier molecular flexibility index (Phi) is 10.9. The van der Waals surface area contributed by atoms with Gasteiger partial charge in [-0.2, -0.15) is 17.5 Å². The van der Waals surface area contributed by atoms with Crippen LogP contribution < -0.4 is 16.0 Å². The minimum Gasteiger partial charge on any atom is -0.453 e. The number of fused-ring (bicyclic) bond motifs is 2. The standard InChI is InChI=1S/C32H34ClF4N5O5S/c1-47-31(44)41-29(28(19-7-10-21(33)11-8-19)20-9-14-27(39-16-20)32(35,36)37)30(43)40-26-6-2-5-25(34)24(26)13-12-23-17-38-22-4-3-15-48(45,46)42(23)18-22/h2,5-11,14,16,22-23,28-29,38H,3-4,12-13,15,17-18H2,1H3,(H,40,43)(H,41,44)/t22?,23?,28-,29-/m0/s1. The number of aromatic nitrogens is 1. The Bertz CT molecular complexity index is 1730. The molecule has 5 atom stereocenters. The number of nitrogens with one attached hydrogen (secondary N) is 3. The quantitative estimate of drug-likeness (QED) is 0.264. The van der Waals surface area contributed by atoms with Crippen LogP contribution in [0.15, 0.2) is 60.8 Å². The summed E-state index contributed by atoms with van der Waals surface area (Å²) in [5.41, 5.74) is -0.389. The summed E-state index contributed by atoms with van der Waals surface area (Å²) in [6.45, 7) is 0.731. The van der Waals surface area contributed by atoms with Crippen LogP contribution >= 0.6 is 11.6 Å². The number of rotatable bonds is 9. The van der Waals surface area contributed by atoms with Crippen LogP contribution in [-0.4, -0.2) is 73.8 Å². The smallest absolute Gasteiger partial charge is 0.433 e. The Labute approximate surface area is 280 Å². The first-order valence-electron chi connectivity index (χ1n) is 15.2. The van der Waals surface area contributed by atoms with Crippen molar-refractivity contribution in [2.24, 2.45) is 0 Å². The molecule has 2 fully saturated rings. The molecule has 2 amide bonds. The summed E-state index contributed by atoms with van der Waals surface area (Å²) in [5.74, 6) is -2.51. The number of halogens is 5. The van der Waals surface area contributed by atoms with E-state index in [0.29, 0.717) is 30.1 Å². The fourth-order valence-electron chi connectivity index (χ4n) is 6.19. The molecule has 5 rings (SSSR count). The van der Waals surface area contributed by atoms with E-state index in [1.807, 2.05) is 0 Å². The van der Waals surface area contributed by atoms with Gasteiger partial charge in [-0.05, 0) is 67.1 Å². The van der Waals surface area contributed by atoms with Crippen LogP contribution in [0.4, 0.5) is 28.0 Å². The Balaban J connectivity index is 1.46. The fraction of sp³-hybridized carbons (Fsp3) is 0.406. The van der Waals surface area contributed by atoms with Gasteiger partial charge in [0.25, 0.3) is 0 Å². The zero-order valence-corrected chi connectivity index (χ0v) is 27.3. The molecule has 10 nitrogen and oxygen atoms in total. The number of pyridine rings is 1. The van der Waals surface area contributed by atoms with Gasteiger partial charge < -0.3 is 20.7 Å². The average Bonchev–Trinajstić information content (AvgIpc) is 3.16. The molecule has 16 heteroatoms. The van der Waals surface area contributed by atoms with Gasteiger partial charge in [-0.3, -0.25) is 9.78 Å². The molecule has 2 aliphatic heterocycles. The number of ether oxygens (including phenoxy) is 1. The number of benzene rings is 2. The van der Waals surface area contributed by atoms with E-state index in [0.717, 1.165) is 31.9 Å². The van der Waals surface area contributed by atoms with E-state index >= 15 is 4.39 Å². The molecule has 0 radical (unpaired) electrons. The highest BCUT2D eigenvalue weighted by Gasteiger charge is 2.39. The van der Waals surface area contributed by atoms with Gasteiger partial charge in [0.15, 0.2) is 0 Å². The molecule has 48 heavy (non-hydrogen) atoms. The maximum Gasteiger partial charge on any atom is 0.433 e. The normalized spacial score (nSPS) is 21.8. The van der Waals surface area contributed by atoms with Crippen LogP contribution in [0.25, 0.3) is 0 Å². The number of hydrogen-bond acceptors (Lipinski definition) is 7. The lowest BCUT2D eigenvalue weighted by atomic mass is 9.85. The van der Waals surface area contributed by atoms with Gasteiger partial charge >= 0.3 is 12.3 Å². The molecule has 0 saturated carbocycles. The van der Waals surface area contributed by atoms with Crippen molar-refractivity contribution in [3.63, 3.8) is 0 Å². The number of amides is 2. The SMILES string of the molecule is COC(=O)N[C@H](C(=O)Nc1cccc(F)c1CCC1CNC2CCCS(=O)(=O)N1C2)[C@@H](c1ccc(Cl)cc1)c1ccc(C(F)(F)F)nc1. The Morgan fingerprint density at radius 3 is 2.52 bits per heavy atom. The average molecular weight is 712 g/mol. The highest BCUT2D eigenvalue weighted by Crippen LogP contribution is 2.34. The van der Waals surface area contributed by atoms with Crippen molar-refractivity contribution in [3.8, 4) is 0 Å². The Morgan fingerprint density at radius 2 is 1.85 bits per heavy atom. The van der Waals surface area contributed by atoms with Gasteiger partial charge in [-0.1, -0.05) is 35.9 Å². The molecule has 258 valence electrons. The zero-order chi connectivity index (χ0) is 34.6. The number of nitrogens with zero attached hydrogens (tertiary/aromatic N) is 2. The topological polar surface area (TPSA) is 130 Å². The summed E-state index contributed by atoms with van der Waals surface area (Å²) >= 11 is 6.08. The highest BCUT2D eigenvalue weighted by molar-refractivity contribution is 7.89. The molecule has 3 N–H and O–H groups in total. The van der Waals surface area contributed by atoms with Crippen LogP contribution in [0.5, 0.6) is 0 Å². The van der Waals surface area contributed by atoms with Gasteiger partial charge in [0.1, 0.15) is 17.6 Å². The number of anilines is 1. The van der Waals surface area contributed by atoms with E-state index in [4.69, 9.17) is 16.3 Å². The molecule has 2 saturated heterocycles. The number of hydrogen-bond donors (Lipinski definition) is 3. The summed E-state index contributed by atoms with van der Waals surface area (Å²) < 4.78 is 87.4. The van der Waals surface area contributed by atoms with E-state index in [2.05, 4.69) is 20.9 Å². The lowest BCUT2D eigenvalue weighted by Crippen LogP contribution is -2.57. The lowest BCUT2D eigenvalue weighted by Gasteiger charge is -2.37. The molecule has 2 bridgehead atoms. The summed E-state index contributed by atoms with van der Waals surface area (Å²) in [5, 5.41) is 8.88. The first kappa shape index (κ1) is 35.5. The second kappa shape index (κ2) is 14.8. The maximum absolute atomic E-state index is 15.3. The molecule has 2 aliphatic rings. The molecule has 0 aliphatic carbocycles. The monoisotopic (exact) mass is 711 g/mol. The van der Waals surface area contributed by atoms with Crippen LogP contribution in [0.2, 0.25) is 5.02 Å². The minimum absolute atomic E-state index is 0.0422. The van der Waals surface area contributed by atoms with Gasteiger partial charge in [0.05, 0.1) is 12.9 Å². The first-order chi connectivity index (χ1) is 22.8. The third-order valence-electron chi connectivity index (χ3n) is 8.61. The van der Waals surface area contributed by atoms with Crippen molar-refractivity contribution in [2.45, 2.75) is 55.9 Å². The van der Waals surface area contributed by atoms with Crippen molar-refractivity contribution >= 4 is 39.3 Å². The van der Waals surface area contributed by atoms with Crippen molar-refractivity contribution in [3.05, 3.63) is 94.0 Å².